The molecule has 244 valence electrons. The monoisotopic (exact) mass is 669 g/mol. The Hall–Kier alpha value is -3.68. The van der Waals surface area contributed by atoms with Gasteiger partial charge in [0.15, 0.2) is 0 Å². The van der Waals surface area contributed by atoms with Gasteiger partial charge in [0.05, 0.1) is 18.2 Å². The number of hydrogen-bond donors (Lipinski definition) is 2. The minimum Gasteiger partial charge on any atom is -0.386 e. The summed E-state index contributed by atoms with van der Waals surface area (Å²) in [6.45, 7) is 4.33. The number of anilines is 1. The molecular weight excluding hydrogens is 629 g/mol. The molecule has 0 radical (unpaired) electrons. The molecule has 0 aliphatic carbocycles. The number of halogens is 2. The third kappa shape index (κ3) is 5.86. The molecule has 0 saturated carbocycles. The third-order valence-electron chi connectivity index (χ3n) is 9.89. The predicted molar refractivity (Wildman–Crippen MR) is 189 cm³/mol. The average molecular weight is 671 g/mol. The number of carbonyl (C=O) groups is 2. The summed E-state index contributed by atoms with van der Waals surface area (Å²) in [5.41, 5.74) is 2.59. The van der Waals surface area contributed by atoms with Crippen molar-refractivity contribution in [2.45, 2.75) is 62.3 Å². The lowest BCUT2D eigenvalue weighted by molar-refractivity contribution is -0.136. The highest BCUT2D eigenvalue weighted by Crippen LogP contribution is 2.62. The second-order valence-corrected chi connectivity index (χ2v) is 14.2. The van der Waals surface area contributed by atoms with Gasteiger partial charge in [-0.3, -0.25) is 14.5 Å². The van der Waals surface area contributed by atoms with Crippen molar-refractivity contribution in [1.82, 2.24) is 9.80 Å². The minimum absolute atomic E-state index is 0.155. The van der Waals surface area contributed by atoms with Crippen LogP contribution in [0.3, 0.4) is 0 Å². The van der Waals surface area contributed by atoms with Crippen LogP contribution in [-0.4, -0.2) is 52.9 Å². The van der Waals surface area contributed by atoms with Crippen molar-refractivity contribution >= 4 is 40.7 Å². The van der Waals surface area contributed by atoms with E-state index in [1.54, 1.807) is 31.1 Å². The molecule has 6 atom stereocenters. The topological polar surface area (TPSA) is 72.9 Å². The summed E-state index contributed by atoms with van der Waals surface area (Å²) in [4.78, 5) is 33.6. The molecule has 2 aliphatic heterocycles. The van der Waals surface area contributed by atoms with E-state index in [1.165, 1.54) is 0 Å². The lowest BCUT2D eigenvalue weighted by Gasteiger charge is -2.42. The van der Waals surface area contributed by atoms with E-state index in [0.29, 0.717) is 28.1 Å². The number of likely N-dealkylation sites (tertiary alicyclic amines) is 1. The lowest BCUT2D eigenvalue weighted by atomic mass is 9.63. The van der Waals surface area contributed by atoms with Gasteiger partial charge in [-0.1, -0.05) is 116 Å². The molecule has 2 amide bonds. The van der Waals surface area contributed by atoms with Gasteiger partial charge < -0.3 is 15.3 Å². The van der Waals surface area contributed by atoms with Gasteiger partial charge in [0.25, 0.3) is 0 Å². The Bertz CT molecular complexity index is 1750. The fourth-order valence-corrected chi connectivity index (χ4v) is 8.31. The van der Waals surface area contributed by atoms with Crippen LogP contribution in [0.2, 0.25) is 10.0 Å². The number of likely N-dealkylation sites (N-methyl/N-ethyl adjacent to an activating group) is 1. The molecule has 2 heterocycles. The molecule has 4 aromatic rings. The lowest BCUT2D eigenvalue weighted by Crippen LogP contribution is -2.51. The number of rotatable bonds is 9. The Morgan fingerprint density at radius 3 is 2.15 bits per heavy atom. The normalized spacial score (nSPS) is 23.5. The maximum Gasteiger partial charge on any atom is 0.240 e. The molecule has 4 aromatic carbocycles. The Morgan fingerprint density at radius 2 is 1.53 bits per heavy atom. The first-order valence-electron chi connectivity index (χ1n) is 16.2. The molecule has 2 aliphatic rings. The molecule has 1 spiro atoms. The molecule has 6 rings (SSSR count). The number of aliphatic hydroxyl groups excluding tert-OH is 1. The fourth-order valence-electron chi connectivity index (χ4n) is 7.94. The largest absolute Gasteiger partial charge is 0.386 e. The molecule has 0 bridgehead atoms. The van der Waals surface area contributed by atoms with E-state index in [2.05, 4.69) is 24.1 Å². The van der Waals surface area contributed by atoms with Gasteiger partial charge >= 0.3 is 0 Å². The Labute approximate surface area is 287 Å². The fraction of sp³-hybridized carbons (Fsp3) is 0.333. The minimum atomic E-state index is -1.21. The molecule has 1 saturated heterocycles. The number of aliphatic hydroxyl groups is 1. The Balaban J connectivity index is 1.72. The van der Waals surface area contributed by atoms with Gasteiger partial charge in [-0.2, -0.15) is 0 Å². The first kappa shape index (κ1) is 33.2. The summed E-state index contributed by atoms with van der Waals surface area (Å²) in [6.07, 6.45) is 0.390. The maximum absolute atomic E-state index is 15.0. The predicted octanol–water partition coefficient (Wildman–Crippen LogP) is 8.02. The first-order valence-corrected chi connectivity index (χ1v) is 16.9. The quantitative estimate of drug-likeness (QED) is 0.189. The van der Waals surface area contributed by atoms with E-state index in [-0.39, 0.29) is 11.8 Å². The van der Waals surface area contributed by atoms with Crippen LogP contribution >= 0.6 is 23.2 Å². The third-order valence-corrected chi connectivity index (χ3v) is 10.4. The molecule has 47 heavy (non-hydrogen) atoms. The summed E-state index contributed by atoms with van der Waals surface area (Å²) >= 11 is 13.2. The number of nitrogens with zero attached hydrogens (tertiary/aromatic N) is 2. The zero-order valence-electron chi connectivity index (χ0n) is 27.1. The van der Waals surface area contributed by atoms with Gasteiger partial charge in [0, 0.05) is 41.8 Å². The number of benzene rings is 4. The van der Waals surface area contributed by atoms with Crippen molar-refractivity contribution in [3.63, 3.8) is 0 Å². The summed E-state index contributed by atoms with van der Waals surface area (Å²) in [5.74, 6) is -0.665. The Morgan fingerprint density at radius 1 is 0.894 bits per heavy atom. The van der Waals surface area contributed by atoms with Crippen molar-refractivity contribution in [3.8, 4) is 0 Å². The van der Waals surface area contributed by atoms with E-state index < -0.39 is 35.6 Å². The summed E-state index contributed by atoms with van der Waals surface area (Å²) in [7, 11) is 3.49. The van der Waals surface area contributed by atoms with Crippen molar-refractivity contribution in [2.24, 2.45) is 5.92 Å². The highest BCUT2D eigenvalue weighted by Gasteiger charge is 2.69. The van der Waals surface area contributed by atoms with Gasteiger partial charge in [0.1, 0.15) is 5.41 Å². The van der Waals surface area contributed by atoms with Crippen molar-refractivity contribution in [2.75, 3.05) is 19.4 Å². The summed E-state index contributed by atoms with van der Waals surface area (Å²) < 4.78 is 0. The van der Waals surface area contributed by atoms with Gasteiger partial charge in [0.2, 0.25) is 11.8 Å². The van der Waals surface area contributed by atoms with Crippen LogP contribution in [0.15, 0.2) is 103 Å². The van der Waals surface area contributed by atoms with Gasteiger partial charge in [-0.05, 0) is 65.3 Å². The maximum atomic E-state index is 15.0. The second-order valence-electron chi connectivity index (χ2n) is 13.4. The van der Waals surface area contributed by atoms with Gasteiger partial charge in [-0.25, -0.2) is 0 Å². The molecule has 2 N–H and O–H groups in total. The summed E-state index contributed by atoms with van der Waals surface area (Å²) in [5, 5.41) is 16.7. The molecular formula is C39H41Cl2N3O3. The number of amides is 2. The molecule has 0 aromatic heterocycles. The van der Waals surface area contributed by atoms with Crippen LogP contribution in [0.4, 0.5) is 5.69 Å². The van der Waals surface area contributed by atoms with E-state index >= 15 is 0 Å². The molecule has 1 fully saturated rings. The van der Waals surface area contributed by atoms with Crippen LogP contribution < -0.4 is 5.32 Å². The number of carbonyl (C=O) groups excluding carboxylic acids is 2. The summed E-state index contributed by atoms with van der Waals surface area (Å²) in [6, 6.07) is 30.4. The molecule has 6 nitrogen and oxygen atoms in total. The highest BCUT2D eigenvalue weighted by atomic mass is 35.5. The zero-order chi connectivity index (χ0) is 33.5. The molecule has 0 unspecified atom stereocenters. The number of fused-ring (bicyclic) bond motifs is 2. The van der Waals surface area contributed by atoms with Crippen LogP contribution in [0.5, 0.6) is 0 Å². The van der Waals surface area contributed by atoms with Crippen molar-refractivity contribution < 1.29 is 14.7 Å². The average Bonchev–Trinajstić information content (AvgIpc) is 3.51. The van der Waals surface area contributed by atoms with Crippen molar-refractivity contribution in [3.05, 3.63) is 135 Å². The van der Waals surface area contributed by atoms with E-state index in [4.69, 9.17) is 23.2 Å². The second kappa shape index (κ2) is 13.4. The number of hydrogen-bond acceptors (Lipinski definition) is 4. The highest BCUT2D eigenvalue weighted by molar-refractivity contribution is 6.31. The SMILES string of the molecule is CC(C)CC[C@H]1N([C@H](c2ccccc2)[C@@H](O)c2ccccc2)[C@@H](C(=O)N(C)C)[C@H](c2cccc(Cl)c2)[C@@]12C(=O)Nc1cc(Cl)ccc12. The Kier molecular flexibility index (Phi) is 9.50. The van der Waals surface area contributed by atoms with Crippen LogP contribution in [0, 0.1) is 5.92 Å². The van der Waals surface area contributed by atoms with E-state index in [9.17, 15) is 14.7 Å². The van der Waals surface area contributed by atoms with Crippen molar-refractivity contribution in [1.29, 1.82) is 0 Å². The van der Waals surface area contributed by atoms with E-state index in [1.807, 2.05) is 91.0 Å². The number of nitrogens with one attached hydrogen (secondary N) is 1. The van der Waals surface area contributed by atoms with Crippen LogP contribution in [0.1, 0.15) is 67.0 Å². The van der Waals surface area contributed by atoms with Crippen LogP contribution in [-0.2, 0) is 15.0 Å². The van der Waals surface area contributed by atoms with Crippen LogP contribution in [0.25, 0.3) is 0 Å². The smallest absolute Gasteiger partial charge is 0.240 e. The first-order chi connectivity index (χ1) is 22.5. The molecule has 8 heteroatoms. The zero-order valence-corrected chi connectivity index (χ0v) is 28.6. The van der Waals surface area contributed by atoms with E-state index in [0.717, 1.165) is 28.7 Å². The van der Waals surface area contributed by atoms with Gasteiger partial charge in [-0.15, -0.1) is 0 Å². The standard InChI is InChI=1S/C39H41Cl2N3O3/c1-24(2)18-21-32-39(30-20-19-29(41)23-31(30)42-38(39)47)33(27-16-11-17-28(40)22-27)35(37(46)43(3)4)44(32)34(25-12-7-5-8-13-25)36(45)26-14-9-6-10-15-26/h5-17,19-20,22-24,32-36,45H,18,21H2,1-4H3,(H,42,47)/t32-,33+,34-,35-,36+,39+/m1/s1.